The van der Waals surface area contributed by atoms with E-state index in [1.807, 2.05) is 30.3 Å². The second kappa shape index (κ2) is 11.4. The smallest absolute Gasteiger partial charge is 0.408 e. The molecule has 1 fully saturated rings. The van der Waals surface area contributed by atoms with Crippen molar-refractivity contribution in [3.63, 3.8) is 0 Å². The summed E-state index contributed by atoms with van der Waals surface area (Å²) in [5, 5.41) is 4.97. The summed E-state index contributed by atoms with van der Waals surface area (Å²) in [6.07, 6.45) is -0.478. The number of hydrogen-bond donors (Lipinski definition) is 2. The molecule has 0 unspecified atom stereocenters. The fraction of sp³-hybridized carbons (Fsp3) is 0.545. The molecule has 1 heterocycles. The average molecular weight is 450 g/mol. The van der Waals surface area contributed by atoms with Crippen LogP contribution in [0.15, 0.2) is 30.3 Å². The lowest BCUT2D eigenvalue weighted by atomic mass is 10.2. The number of alkyl carbamates (subject to hydrolysis) is 2. The Labute approximate surface area is 187 Å². The molecule has 1 aromatic carbocycles. The van der Waals surface area contributed by atoms with Crippen LogP contribution in [-0.4, -0.2) is 66.8 Å². The fourth-order valence-electron chi connectivity index (χ4n) is 3.22. The topological polar surface area (TPSA) is 123 Å². The number of amides is 3. The number of nitrogens with one attached hydrogen (secondary N) is 2. The Morgan fingerprint density at radius 2 is 1.81 bits per heavy atom. The van der Waals surface area contributed by atoms with Gasteiger partial charge in [0.25, 0.3) is 0 Å². The monoisotopic (exact) mass is 449 g/mol. The van der Waals surface area contributed by atoms with Crippen molar-refractivity contribution in [1.29, 1.82) is 0 Å². The van der Waals surface area contributed by atoms with Crippen LogP contribution in [-0.2, 0) is 30.4 Å². The molecule has 10 heteroatoms. The zero-order chi connectivity index (χ0) is 23.7. The maximum Gasteiger partial charge on any atom is 0.408 e. The Bertz CT molecular complexity index is 807. The summed E-state index contributed by atoms with van der Waals surface area (Å²) in [6, 6.07) is 7.23. The summed E-state index contributed by atoms with van der Waals surface area (Å²) >= 11 is 0. The largest absolute Gasteiger partial charge is 0.467 e. The van der Waals surface area contributed by atoms with E-state index in [4.69, 9.17) is 14.2 Å². The van der Waals surface area contributed by atoms with E-state index in [1.165, 1.54) is 12.0 Å². The Hall–Kier alpha value is -3.30. The van der Waals surface area contributed by atoms with Gasteiger partial charge in [0.2, 0.25) is 5.91 Å². The van der Waals surface area contributed by atoms with E-state index < -0.39 is 41.7 Å². The molecule has 1 aromatic rings. The van der Waals surface area contributed by atoms with Crippen LogP contribution in [0, 0.1) is 0 Å². The molecule has 2 rings (SSSR count). The zero-order valence-electron chi connectivity index (χ0n) is 18.9. The van der Waals surface area contributed by atoms with E-state index in [-0.39, 0.29) is 13.2 Å². The predicted octanol–water partition coefficient (Wildman–Crippen LogP) is 1.97. The molecule has 1 saturated heterocycles. The van der Waals surface area contributed by atoms with Crippen molar-refractivity contribution in [2.45, 2.75) is 57.9 Å². The summed E-state index contributed by atoms with van der Waals surface area (Å²) in [4.78, 5) is 50.9. The van der Waals surface area contributed by atoms with Gasteiger partial charge in [0.05, 0.1) is 13.7 Å². The number of benzene rings is 1. The number of rotatable bonds is 7. The SMILES string of the molecule is COC(=O)[C@@H]1CCCN1C(=O)[C@H](CNC(=O)OCc1ccccc1)NC(=O)OC(C)(C)C. The molecule has 0 aromatic heterocycles. The minimum absolute atomic E-state index is 0.0569. The number of nitrogens with zero attached hydrogens (tertiary/aromatic N) is 1. The van der Waals surface area contributed by atoms with Crippen molar-refractivity contribution in [3.05, 3.63) is 35.9 Å². The second-order valence-electron chi connectivity index (χ2n) is 8.35. The number of ether oxygens (including phenoxy) is 3. The number of esters is 1. The molecule has 0 radical (unpaired) electrons. The quantitative estimate of drug-likeness (QED) is 0.482. The average Bonchev–Trinajstić information content (AvgIpc) is 3.23. The fourth-order valence-corrected chi connectivity index (χ4v) is 3.22. The van der Waals surface area contributed by atoms with Gasteiger partial charge in [-0.25, -0.2) is 14.4 Å². The van der Waals surface area contributed by atoms with E-state index in [2.05, 4.69) is 10.6 Å². The highest BCUT2D eigenvalue weighted by molar-refractivity contribution is 5.90. The first-order valence-electron chi connectivity index (χ1n) is 10.4. The molecule has 0 bridgehead atoms. The summed E-state index contributed by atoms with van der Waals surface area (Å²) in [5.41, 5.74) is 0.0298. The molecule has 0 aliphatic carbocycles. The number of likely N-dealkylation sites (tertiary alicyclic amines) is 1. The molecule has 1 aliphatic rings. The predicted molar refractivity (Wildman–Crippen MR) is 115 cm³/mol. The number of methoxy groups -OCH3 is 1. The standard InChI is InChI=1S/C22H31N3O7/c1-22(2,3)32-21(29)24-16(18(26)25-12-8-11-17(25)19(27)30-4)13-23-20(28)31-14-15-9-6-5-7-10-15/h5-7,9-10,16-17H,8,11-14H2,1-4H3,(H,23,28)(H,24,29)/t16-,17-/m0/s1. The Balaban J connectivity index is 2.03. The Morgan fingerprint density at radius 3 is 2.44 bits per heavy atom. The third-order valence-electron chi connectivity index (χ3n) is 4.66. The van der Waals surface area contributed by atoms with Crippen LogP contribution in [0.1, 0.15) is 39.2 Å². The van der Waals surface area contributed by atoms with E-state index in [0.717, 1.165) is 5.56 Å². The lowest BCUT2D eigenvalue weighted by Crippen LogP contribution is -2.56. The van der Waals surface area contributed by atoms with Crippen LogP contribution in [0.5, 0.6) is 0 Å². The van der Waals surface area contributed by atoms with Gasteiger partial charge >= 0.3 is 18.2 Å². The van der Waals surface area contributed by atoms with Crippen LogP contribution in [0.3, 0.4) is 0 Å². The highest BCUT2D eigenvalue weighted by Gasteiger charge is 2.38. The molecule has 10 nitrogen and oxygen atoms in total. The van der Waals surface area contributed by atoms with E-state index >= 15 is 0 Å². The second-order valence-corrected chi connectivity index (χ2v) is 8.35. The molecule has 2 N–H and O–H groups in total. The Morgan fingerprint density at radius 1 is 1.12 bits per heavy atom. The molecule has 0 saturated carbocycles. The van der Waals surface area contributed by atoms with Crippen molar-refractivity contribution < 1.29 is 33.4 Å². The molecule has 1 aliphatic heterocycles. The zero-order valence-corrected chi connectivity index (χ0v) is 18.9. The molecule has 32 heavy (non-hydrogen) atoms. The summed E-state index contributed by atoms with van der Waals surface area (Å²) < 4.78 is 15.2. The van der Waals surface area contributed by atoms with Gasteiger partial charge in [-0.2, -0.15) is 0 Å². The molecule has 176 valence electrons. The molecule has 3 amide bonds. The van der Waals surface area contributed by atoms with Crippen molar-refractivity contribution >= 4 is 24.1 Å². The van der Waals surface area contributed by atoms with Crippen molar-refractivity contribution in [2.24, 2.45) is 0 Å². The van der Waals surface area contributed by atoms with Crippen LogP contribution in [0.2, 0.25) is 0 Å². The van der Waals surface area contributed by atoms with Gasteiger partial charge in [-0.1, -0.05) is 30.3 Å². The molecular formula is C22H31N3O7. The van der Waals surface area contributed by atoms with Gasteiger partial charge in [0.1, 0.15) is 24.3 Å². The van der Waals surface area contributed by atoms with Gasteiger partial charge in [-0.3, -0.25) is 4.79 Å². The molecule has 2 atom stereocenters. The van der Waals surface area contributed by atoms with Crippen molar-refractivity contribution in [3.8, 4) is 0 Å². The molecule has 0 spiro atoms. The van der Waals surface area contributed by atoms with Crippen molar-refractivity contribution in [2.75, 3.05) is 20.2 Å². The first kappa shape index (κ1) is 25.0. The lowest BCUT2D eigenvalue weighted by Gasteiger charge is -2.29. The van der Waals surface area contributed by atoms with Gasteiger partial charge in [-0.15, -0.1) is 0 Å². The number of carbonyl (C=O) groups excluding carboxylic acids is 4. The van der Waals surface area contributed by atoms with Gasteiger partial charge in [0.15, 0.2) is 0 Å². The van der Waals surface area contributed by atoms with E-state index in [0.29, 0.717) is 19.4 Å². The number of hydrogen-bond acceptors (Lipinski definition) is 7. The number of carbonyl (C=O) groups is 4. The van der Waals surface area contributed by atoms with Gasteiger partial charge < -0.3 is 29.7 Å². The van der Waals surface area contributed by atoms with Crippen LogP contribution in [0.25, 0.3) is 0 Å². The van der Waals surface area contributed by atoms with Crippen LogP contribution in [0.4, 0.5) is 9.59 Å². The van der Waals surface area contributed by atoms with Crippen LogP contribution >= 0.6 is 0 Å². The summed E-state index contributed by atoms with van der Waals surface area (Å²) in [7, 11) is 1.25. The van der Waals surface area contributed by atoms with Gasteiger partial charge in [-0.05, 0) is 39.2 Å². The lowest BCUT2D eigenvalue weighted by molar-refractivity contribution is -0.151. The maximum atomic E-state index is 13.1. The normalized spacial score (nSPS) is 16.6. The first-order valence-corrected chi connectivity index (χ1v) is 10.4. The third kappa shape index (κ3) is 7.75. The third-order valence-corrected chi connectivity index (χ3v) is 4.66. The summed E-state index contributed by atoms with van der Waals surface area (Å²) in [6.45, 7) is 5.23. The van der Waals surface area contributed by atoms with Gasteiger partial charge in [0, 0.05) is 6.54 Å². The highest BCUT2D eigenvalue weighted by Crippen LogP contribution is 2.19. The highest BCUT2D eigenvalue weighted by atomic mass is 16.6. The van der Waals surface area contributed by atoms with Crippen molar-refractivity contribution in [1.82, 2.24) is 15.5 Å². The minimum Gasteiger partial charge on any atom is -0.467 e. The van der Waals surface area contributed by atoms with E-state index in [9.17, 15) is 19.2 Å². The first-order chi connectivity index (χ1) is 15.1. The minimum atomic E-state index is -1.15. The summed E-state index contributed by atoms with van der Waals surface area (Å²) in [5.74, 6) is -1.05. The Kier molecular flexibility index (Phi) is 8.86. The van der Waals surface area contributed by atoms with Crippen LogP contribution < -0.4 is 10.6 Å². The maximum absolute atomic E-state index is 13.1. The molecular weight excluding hydrogens is 418 g/mol. The van der Waals surface area contributed by atoms with E-state index in [1.54, 1.807) is 20.8 Å².